The van der Waals surface area contributed by atoms with Crippen molar-refractivity contribution in [2.75, 3.05) is 19.0 Å². The van der Waals surface area contributed by atoms with Crippen molar-refractivity contribution in [3.8, 4) is 5.75 Å². The van der Waals surface area contributed by atoms with Gasteiger partial charge in [-0.25, -0.2) is 0 Å². The van der Waals surface area contributed by atoms with E-state index in [1.54, 1.807) is 7.11 Å². The molecule has 0 aliphatic rings. The van der Waals surface area contributed by atoms with Crippen LogP contribution in [0.3, 0.4) is 0 Å². The van der Waals surface area contributed by atoms with E-state index in [0.29, 0.717) is 5.96 Å². The lowest BCUT2D eigenvalue weighted by atomic mass is 10.3. The zero-order valence-corrected chi connectivity index (χ0v) is 12.6. The number of aliphatic imine (C=N–C) groups is 1. The van der Waals surface area contributed by atoms with Gasteiger partial charge in [-0.05, 0) is 30.7 Å². The normalized spacial score (nSPS) is 10.6. The van der Waals surface area contributed by atoms with Crippen LogP contribution >= 0.6 is 24.0 Å². The molecule has 0 aliphatic carbocycles. The lowest BCUT2D eigenvalue weighted by Crippen LogP contribution is -2.22. The van der Waals surface area contributed by atoms with E-state index >= 15 is 0 Å². The van der Waals surface area contributed by atoms with Crippen LogP contribution in [0, 0.1) is 0 Å². The number of nitrogens with two attached hydrogens (primary N) is 1. The molecule has 96 valence electrons. The number of nitrogens with zero attached hydrogens (tertiary/aromatic N) is 1. The second kappa shape index (κ2) is 9.09. The van der Waals surface area contributed by atoms with E-state index in [1.807, 2.05) is 24.3 Å². The maximum atomic E-state index is 5.72. The number of ether oxygens (including phenoxy) is 1. The van der Waals surface area contributed by atoms with Crippen LogP contribution in [0.2, 0.25) is 0 Å². The van der Waals surface area contributed by atoms with Crippen LogP contribution in [0.5, 0.6) is 5.75 Å². The highest BCUT2D eigenvalue weighted by atomic mass is 127. The second-order valence-corrected chi connectivity index (χ2v) is 3.47. The van der Waals surface area contributed by atoms with Gasteiger partial charge in [0.25, 0.3) is 0 Å². The molecular weight excluding hydrogens is 329 g/mol. The minimum atomic E-state index is 0. The molecule has 0 saturated heterocycles. The number of benzene rings is 1. The molecule has 3 N–H and O–H groups in total. The number of hydrogen-bond donors (Lipinski definition) is 2. The Balaban J connectivity index is 0.00000256. The first-order valence-corrected chi connectivity index (χ1v) is 5.47. The minimum Gasteiger partial charge on any atom is -0.497 e. The molecular formula is C12H20IN3O. The molecule has 17 heavy (non-hydrogen) atoms. The molecule has 0 amide bonds. The Morgan fingerprint density at radius 2 is 2.00 bits per heavy atom. The van der Waals surface area contributed by atoms with Gasteiger partial charge in [-0.1, -0.05) is 13.3 Å². The first-order chi connectivity index (χ1) is 7.76. The Kier molecular flexibility index (Phi) is 8.57. The molecule has 0 aliphatic heterocycles. The maximum Gasteiger partial charge on any atom is 0.193 e. The number of hydrogen-bond acceptors (Lipinski definition) is 2. The number of methoxy groups -OCH3 is 1. The summed E-state index contributed by atoms with van der Waals surface area (Å²) < 4.78 is 5.06. The molecule has 0 fully saturated rings. The van der Waals surface area contributed by atoms with Crippen molar-refractivity contribution >= 4 is 35.6 Å². The topological polar surface area (TPSA) is 59.6 Å². The second-order valence-electron chi connectivity index (χ2n) is 3.47. The largest absolute Gasteiger partial charge is 0.497 e. The smallest absolute Gasteiger partial charge is 0.193 e. The van der Waals surface area contributed by atoms with Crippen molar-refractivity contribution in [2.45, 2.75) is 19.8 Å². The first kappa shape index (κ1) is 16.0. The number of halogens is 1. The van der Waals surface area contributed by atoms with Crippen LogP contribution in [0.1, 0.15) is 19.8 Å². The highest BCUT2D eigenvalue weighted by Gasteiger charge is 1.95. The van der Waals surface area contributed by atoms with Crippen molar-refractivity contribution in [3.05, 3.63) is 24.3 Å². The van der Waals surface area contributed by atoms with E-state index in [-0.39, 0.29) is 24.0 Å². The van der Waals surface area contributed by atoms with E-state index in [0.717, 1.165) is 30.8 Å². The Morgan fingerprint density at radius 1 is 1.35 bits per heavy atom. The van der Waals surface area contributed by atoms with Crippen LogP contribution in [0.15, 0.2) is 29.3 Å². The zero-order chi connectivity index (χ0) is 11.8. The van der Waals surface area contributed by atoms with Crippen molar-refractivity contribution in [2.24, 2.45) is 10.7 Å². The van der Waals surface area contributed by atoms with Gasteiger partial charge in [-0.3, -0.25) is 4.99 Å². The molecule has 0 bridgehead atoms. The average Bonchev–Trinajstić information content (AvgIpc) is 2.30. The fourth-order valence-corrected chi connectivity index (χ4v) is 1.22. The molecule has 5 heteroatoms. The average molecular weight is 349 g/mol. The third kappa shape index (κ3) is 6.35. The van der Waals surface area contributed by atoms with Gasteiger partial charge in [0.05, 0.1) is 7.11 Å². The highest BCUT2D eigenvalue weighted by Crippen LogP contribution is 2.14. The molecule has 1 aromatic carbocycles. The molecule has 0 radical (unpaired) electrons. The van der Waals surface area contributed by atoms with E-state index in [9.17, 15) is 0 Å². The Hall–Kier alpha value is -0.980. The van der Waals surface area contributed by atoms with Crippen LogP contribution in [0.25, 0.3) is 0 Å². The third-order valence-corrected chi connectivity index (χ3v) is 2.16. The van der Waals surface area contributed by atoms with Gasteiger partial charge in [0.1, 0.15) is 5.75 Å². The van der Waals surface area contributed by atoms with E-state index in [1.165, 1.54) is 0 Å². The van der Waals surface area contributed by atoms with Gasteiger partial charge in [0.2, 0.25) is 0 Å². The molecule has 0 saturated carbocycles. The lowest BCUT2D eigenvalue weighted by molar-refractivity contribution is 0.415. The SMILES string of the molecule is CCCCN=C(N)Nc1ccc(OC)cc1.I. The van der Waals surface area contributed by atoms with Crippen molar-refractivity contribution in [3.63, 3.8) is 0 Å². The quantitative estimate of drug-likeness (QED) is 0.372. The van der Waals surface area contributed by atoms with Crippen molar-refractivity contribution < 1.29 is 4.74 Å². The number of guanidine groups is 1. The van der Waals surface area contributed by atoms with Gasteiger partial charge in [0, 0.05) is 12.2 Å². The Morgan fingerprint density at radius 3 is 2.53 bits per heavy atom. The molecule has 1 aromatic rings. The summed E-state index contributed by atoms with van der Waals surface area (Å²) in [4.78, 5) is 4.20. The van der Waals surface area contributed by atoms with E-state index in [2.05, 4.69) is 17.2 Å². The molecule has 0 unspecified atom stereocenters. The van der Waals surface area contributed by atoms with Crippen LogP contribution in [-0.4, -0.2) is 19.6 Å². The number of rotatable bonds is 5. The van der Waals surface area contributed by atoms with Crippen molar-refractivity contribution in [1.29, 1.82) is 0 Å². The number of anilines is 1. The van der Waals surface area contributed by atoms with Crippen molar-refractivity contribution in [1.82, 2.24) is 0 Å². The summed E-state index contributed by atoms with van der Waals surface area (Å²) in [5.74, 6) is 1.28. The predicted octanol–water partition coefficient (Wildman–Crippen LogP) is 2.84. The molecule has 0 spiro atoms. The van der Waals surface area contributed by atoms with Crippen LogP contribution in [0.4, 0.5) is 5.69 Å². The molecule has 0 heterocycles. The monoisotopic (exact) mass is 349 g/mol. The summed E-state index contributed by atoms with van der Waals surface area (Å²) in [5, 5.41) is 3.02. The lowest BCUT2D eigenvalue weighted by Gasteiger charge is -2.06. The minimum absolute atomic E-state index is 0. The molecule has 1 rings (SSSR count). The molecule has 0 aromatic heterocycles. The van der Waals surface area contributed by atoms with Gasteiger partial charge in [-0.15, -0.1) is 24.0 Å². The van der Waals surface area contributed by atoms with E-state index in [4.69, 9.17) is 10.5 Å². The summed E-state index contributed by atoms with van der Waals surface area (Å²) in [5.41, 5.74) is 6.64. The fraction of sp³-hybridized carbons (Fsp3) is 0.417. The third-order valence-electron chi connectivity index (χ3n) is 2.16. The summed E-state index contributed by atoms with van der Waals surface area (Å²) in [6, 6.07) is 7.56. The van der Waals surface area contributed by atoms with Gasteiger partial charge in [0.15, 0.2) is 5.96 Å². The van der Waals surface area contributed by atoms with Gasteiger partial charge >= 0.3 is 0 Å². The predicted molar refractivity (Wildman–Crippen MR) is 83.4 cm³/mol. The number of unbranched alkanes of at least 4 members (excludes halogenated alkanes) is 1. The summed E-state index contributed by atoms with van der Waals surface area (Å²) >= 11 is 0. The highest BCUT2D eigenvalue weighted by molar-refractivity contribution is 14.0. The van der Waals surface area contributed by atoms with E-state index < -0.39 is 0 Å². The zero-order valence-electron chi connectivity index (χ0n) is 10.3. The standard InChI is InChI=1S/C12H19N3O.HI/c1-3-4-9-14-12(13)15-10-5-7-11(16-2)8-6-10;/h5-8H,3-4,9H2,1-2H3,(H3,13,14,15);1H. The molecule has 4 nitrogen and oxygen atoms in total. The summed E-state index contributed by atoms with van der Waals surface area (Å²) in [6.45, 7) is 2.90. The molecule has 0 atom stereocenters. The Bertz CT molecular complexity index is 338. The maximum absolute atomic E-state index is 5.72. The number of nitrogens with one attached hydrogen (secondary N) is 1. The van der Waals surface area contributed by atoms with Crippen LogP contribution < -0.4 is 15.8 Å². The fourth-order valence-electron chi connectivity index (χ4n) is 1.22. The summed E-state index contributed by atoms with van der Waals surface area (Å²) in [6.07, 6.45) is 2.18. The van der Waals surface area contributed by atoms with Gasteiger partial charge in [-0.2, -0.15) is 0 Å². The first-order valence-electron chi connectivity index (χ1n) is 5.47. The van der Waals surface area contributed by atoms with Gasteiger partial charge < -0.3 is 15.8 Å². The summed E-state index contributed by atoms with van der Waals surface area (Å²) in [7, 11) is 1.64. The Labute approximate surface area is 120 Å². The van der Waals surface area contributed by atoms with Crippen LogP contribution in [-0.2, 0) is 0 Å².